The first-order chi connectivity index (χ1) is 32.2. The Balaban J connectivity index is 1.05. The highest BCUT2D eigenvalue weighted by atomic mass is 15.2. The highest BCUT2D eigenvalue weighted by molar-refractivity contribution is 5.80. The van der Waals surface area contributed by atoms with E-state index in [2.05, 4.69) is 268 Å². The molecule has 4 nitrogen and oxygen atoms in total. The molecule has 1 unspecified atom stereocenters. The highest BCUT2D eigenvalue weighted by Gasteiger charge is 2.24. The van der Waals surface area contributed by atoms with Gasteiger partial charge in [-0.05, 0) is 152 Å². The molecule has 0 aromatic heterocycles. The predicted octanol–water partition coefficient (Wildman–Crippen LogP) is 16.2. The third-order valence-electron chi connectivity index (χ3n) is 11.6. The summed E-state index contributed by atoms with van der Waals surface area (Å²) in [7, 11) is 0. The number of hydrogen-bond donors (Lipinski definition) is 0. The first-order valence-electron chi connectivity index (χ1n) is 22.1. The highest BCUT2D eigenvalue weighted by Crippen LogP contribution is 2.40. The van der Waals surface area contributed by atoms with Crippen molar-refractivity contribution in [2.45, 2.75) is 19.4 Å². The molecule has 0 amide bonds. The molecule has 0 aliphatic heterocycles. The van der Waals surface area contributed by atoms with E-state index in [1.807, 2.05) is 19.1 Å². The lowest BCUT2D eigenvalue weighted by Gasteiger charge is -2.35. The van der Waals surface area contributed by atoms with Crippen molar-refractivity contribution in [2.24, 2.45) is 0 Å². The van der Waals surface area contributed by atoms with E-state index in [-0.39, 0.29) is 6.04 Å². The summed E-state index contributed by atoms with van der Waals surface area (Å²) in [6.07, 6.45) is 19.2. The van der Waals surface area contributed by atoms with Crippen molar-refractivity contribution < 1.29 is 0 Å². The molecule has 0 heterocycles. The molecular formula is C61H50N4. The molecule has 1 aliphatic rings. The SMILES string of the molecule is C#C/C=C\C(=C/C)N(c1ccccc1)c1ccc(N(C2=CCC(N(c3ccc(-c4ccccc4)cc3)c3ccc(N(c4ccccc4)c4ccccc4)cc3)C=C2)c2ccccc2)cc1. The summed E-state index contributed by atoms with van der Waals surface area (Å²) in [6, 6.07) is 79.4. The normalized spacial score (nSPS) is 13.4. The maximum absolute atomic E-state index is 5.65. The molecule has 314 valence electrons. The van der Waals surface area contributed by atoms with E-state index < -0.39 is 0 Å². The summed E-state index contributed by atoms with van der Waals surface area (Å²) >= 11 is 0. The van der Waals surface area contributed by atoms with Crippen molar-refractivity contribution in [1.82, 2.24) is 0 Å². The van der Waals surface area contributed by atoms with Crippen LogP contribution in [0.2, 0.25) is 0 Å². The van der Waals surface area contributed by atoms with Crippen LogP contribution in [0.3, 0.4) is 0 Å². The van der Waals surface area contributed by atoms with Gasteiger partial charge in [0.25, 0.3) is 0 Å². The second kappa shape index (κ2) is 20.1. The lowest BCUT2D eigenvalue weighted by Crippen LogP contribution is -2.31. The lowest BCUT2D eigenvalue weighted by atomic mass is 10.0. The average molecular weight is 839 g/mol. The van der Waals surface area contributed by atoms with Gasteiger partial charge < -0.3 is 19.6 Å². The molecule has 0 N–H and O–H groups in total. The minimum absolute atomic E-state index is 0.0567. The zero-order valence-corrected chi connectivity index (χ0v) is 36.5. The van der Waals surface area contributed by atoms with E-state index in [0.717, 1.165) is 69.0 Å². The number of rotatable bonds is 14. The van der Waals surface area contributed by atoms with E-state index in [1.165, 1.54) is 11.1 Å². The minimum Gasteiger partial charge on any atom is -0.334 e. The first kappa shape index (κ1) is 41.8. The number of allylic oxidation sites excluding steroid dienone is 4. The van der Waals surface area contributed by atoms with Crippen LogP contribution in [-0.4, -0.2) is 6.04 Å². The quantitative estimate of drug-likeness (QED) is 0.0799. The van der Waals surface area contributed by atoms with Gasteiger partial charge in [0.2, 0.25) is 0 Å². The maximum atomic E-state index is 5.65. The van der Waals surface area contributed by atoms with Crippen molar-refractivity contribution in [3.63, 3.8) is 0 Å². The molecule has 4 heteroatoms. The fourth-order valence-corrected chi connectivity index (χ4v) is 8.53. The van der Waals surface area contributed by atoms with Gasteiger partial charge in [-0.25, -0.2) is 0 Å². The Morgan fingerprint density at radius 2 is 0.846 bits per heavy atom. The molecule has 0 bridgehead atoms. The van der Waals surface area contributed by atoms with Crippen molar-refractivity contribution in [3.05, 3.63) is 272 Å². The van der Waals surface area contributed by atoms with Crippen LogP contribution in [0.5, 0.6) is 0 Å². The van der Waals surface area contributed by atoms with Crippen molar-refractivity contribution in [3.8, 4) is 23.5 Å². The third kappa shape index (κ3) is 9.46. The van der Waals surface area contributed by atoms with E-state index in [9.17, 15) is 0 Å². The molecule has 0 saturated heterocycles. The Morgan fingerprint density at radius 3 is 1.32 bits per heavy atom. The van der Waals surface area contributed by atoms with E-state index in [4.69, 9.17) is 6.42 Å². The van der Waals surface area contributed by atoms with Crippen molar-refractivity contribution in [2.75, 3.05) is 19.6 Å². The number of anilines is 9. The minimum atomic E-state index is 0.0567. The fourth-order valence-electron chi connectivity index (χ4n) is 8.53. The first-order valence-corrected chi connectivity index (χ1v) is 22.1. The summed E-state index contributed by atoms with van der Waals surface area (Å²) in [5, 5.41) is 0. The van der Waals surface area contributed by atoms with Gasteiger partial charge >= 0.3 is 0 Å². The lowest BCUT2D eigenvalue weighted by molar-refractivity contribution is 0.777. The molecule has 0 radical (unpaired) electrons. The average Bonchev–Trinajstić information content (AvgIpc) is 3.38. The van der Waals surface area contributed by atoms with Gasteiger partial charge in [0.1, 0.15) is 0 Å². The second-order valence-corrected chi connectivity index (χ2v) is 15.7. The fraction of sp³-hybridized carbons (Fsp3) is 0.0492. The molecule has 9 rings (SSSR count). The van der Waals surface area contributed by atoms with Gasteiger partial charge in [0, 0.05) is 62.6 Å². The number of nitrogens with zero attached hydrogens (tertiary/aromatic N) is 4. The Kier molecular flexibility index (Phi) is 12.9. The van der Waals surface area contributed by atoms with Crippen LogP contribution in [0.1, 0.15) is 13.3 Å². The molecular weight excluding hydrogens is 789 g/mol. The predicted molar refractivity (Wildman–Crippen MR) is 276 cm³/mol. The zero-order chi connectivity index (χ0) is 44.2. The molecule has 1 atom stereocenters. The summed E-state index contributed by atoms with van der Waals surface area (Å²) in [4.78, 5) is 9.33. The summed E-state index contributed by atoms with van der Waals surface area (Å²) in [5.74, 6) is 2.65. The molecule has 8 aromatic carbocycles. The van der Waals surface area contributed by atoms with Gasteiger partial charge in [0.05, 0.1) is 6.04 Å². The summed E-state index contributed by atoms with van der Waals surface area (Å²) < 4.78 is 0. The standard InChI is InChI=1S/C61H50N4/c1-3-5-23-50(4-2)62(51-24-13-7-14-25-51)56-36-38-58(39-37-56)64(54-30-19-10-20-31-54)59-42-46-61(47-43-59)65(55-34-32-49(33-35-55)48-21-11-6-12-22-48)60-44-40-57(41-45-60)63(52-26-15-8-16-27-52)53-28-17-9-18-29-53/h1,4-46,61H,47H2,2H3/b23-5-,50-4+. The maximum Gasteiger partial charge on any atom is 0.0561 e. The Hall–Kier alpha value is -8.52. The molecule has 0 fully saturated rings. The van der Waals surface area contributed by atoms with Gasteiger partial charge in [-0.2, -0.15) is 0 Å². The summed E-state index contributed by atoms with van der Waals surface area (Å²) in [6.45, 7) is 2.04. The summed E-state index contributed by atoms with van der Waals surface area (Å²) in [5.41, 5.74) is 14.3. The Morgan fingerprint density at radius 1 is 0.462 bits per heavy atom. The third-order valence-corrected chi connectivity index (χ3v) is 11.6. The number of terminal acetylenes is 1. The molecule has 1 aliphatic carbocycles. The van der Waals surface area contributed by atoms with Crippen LogP contribution in [0.4, 0.5) is 51.2 Å². The molecule has 65 heavy (non-hydrogen) atoms. The topological polar surface area (TPSA) is 13.0 Å². The second-order valence-electron chi connectivity index (χ2n) is 15.7. The smallest absolute Gasteiger partial charge is 0.0561 e. The Labute approximate surface area is 384 Å². The number of hydrogen-bond acceptors (Lipinski definition) is 4. The monoisotopic (exact) mass is 838 g/mol. The van der Waals surface area contributed by atoms with E-state index >= 15 is 0 Å². The molecule has 0 spiro atoms. The largest absolute Gasteiger partial charge is 0.334 e. The number of para-hydroxylation sites is 4. The molecule has 8 aromatic rings. The van der Waals surface area contributed by atoms with Gasteiger partial charge in [-0.1, -0.05) is 139 Å². The van der Waals surface area contributed by atoms with E-state index in [0.29, 0.717) is 0 Å². The molecule has 0 saturated carbocycles. The van der Waals surface area contributed by atoms with Gasteiger partial charge in [-0.3, -0.25) is 0 Å². The number of benzene rings is 8. The van der Waals surface area contributed by atoms with Gasteiger partial charge in [0.15, 0.2) is 0 Å². The van der Waals surface area contributed by atoms with Crippen molar-refractivity contribution >= 4 is 51.2 Å². The van der Waals surface area contributed by atoms with E-state index in [1.54, 1.807) is 6.08 Å². The van der Waals surface area contributed by atoms with Crippen LogP contribution in [0, 0.1) is 12.3 Å². The van der Waals surface area contributed by atoms with Crippen LogP contribution in [-0.2, 0) is 0 Å². The van der Waals surface area contributed by atoms with Crippen molar-refractivity contribution in [1.29, 1.82) is 0 Å². The zero-order valence-electron chi connectivity index (χ0n) is 36.5. The van der Waals surface area contributed by atoms with Crippen LogP contribution in [0.25, 0.3) is 11.1 Å². The van der Waals surface area contributed by atoms with Gasteiger partial charge in [-0.15, -0.1) is 6.42 Å². The van der Waals surface area contributed by atoms with Crippen LogP contribution in [0.15, 0.2) is 272 Å². The van der Waals surface area contributed by atoms with Crippen LogP contribution >= 0.6 is 0 Å². The van der Waals surface area contributed by atoms with Crippen LogP contribution < -0.4 is 19.6 Å². The Bertz CT molecular complexity index is 2890.